The predicted octanol–water partition coefficient (Wildman–Crippen LogP) is 2.08. The average Bonchev–Trinajstić information content (AvgIpc) is 3.67. The minimum atomic E-state index is -1.06. The molecule has 2 aromatic carbocycles. The van der Waals surface area contributed by atoms with Crippen LogP contribution in [0, 0.1) is 11.3 Å². The molecule has 0 saturated carbocycles. The van der Waals surface area contributed by atoms with Crippen molar-refractivity contribution in [1.29, 1.82) is 5.26 Å². The first kappa shape index (κ1) is 31.7. The molecule has 3 aromatic rings. The highest BCUT2D eigenvalue weighted by Crippen LogP contribution is 2.47. The molecule has 5 rings (SSSR count). The monoisotopic (exact) mass is 613 g/mol. The van der Waals surface area contributed by atoms with Crippen molar-refractivity contribution in [2.75, 3.05) is 41.3 Å². The van der Waals surface area contributed by atoms with E-state index in [0.29, 0.717) is 49.2 Å². The van der Waals surface area contributed by atoms with Gasteiger partial charge in [0.15, 0.2) is 5.82 Å². The van der Waals surface area contributed by atoms with Gasteiger partial charge < -0.3 is 20.0 Å². The lowest BCUT2D eigenvalue weighted by Crippen LogP contribution is -2.45. The fourth-order valence-electron chi connectivity index (χ4n) is 6.71. The molecule has 2 N–H and O–H groups in total. The van der Waals surface area contributed by atoms with E-state index in [1.807, 2.05) is 31.2 Å². The zero-order chi connectivity index (χ0) is 32.5. The lowest BCUT2D eigenvalue weighted by molar-refractivity contribution is -0.130. The number of aromatic nitrogens is 2. The predicted molar refractivity (Wildman–Crippen MR) is 166 cm³/mol. The highest BCUT2D eigenvalue weighted by atomic mass is 16.5. The third-order valence-electron chi connectivity index (χ3n) is 8.88. The number of hydrogen-bond donors (Lipinski definition) is 2. The Labute approximate surface area is 262 Å². The van der Waals surface area contributed by atoms with Gasteiger partial charge in [-0.15, -0.1) is 0 Å². The molecular weight excluding hydrogens is 574 g/mol. The second-order valence-electron chi connectivity index (χ2n) is 12.4. The fourth-order valence-corrected chi connectivity index (χ4v) is 6.71. The molecule has 0 unspecified atom stereocenters. The van der Waals surface area contributed by atoms with Gasteiger partial charge >= 0.3 is 5.76 Å². The van der Waals surface area contributed by atoms with Crippen LogP contribution in [0.1, 0.15) is 75.0 Å². The Morgan fingerprint density at radius 1 is 1.07 bits per heavy atom. The van der Waals surface area contributed by atoms with Crippen molar-refractivity contribution in [1.82, 2.24) is 30.2 Å². The molecular formula is C33H39N7O5. The number of nitrogens with one attached hydrogen (secondary N) is 2. The van der Waals surface area contributed by atoms with Crippen LogP contribution in [0.2, 0.25) is 0 Å². The van der Waals surface area contributed by atoms with Crippen molar-refractivity contribution in [3.8, 4) is 6.07 Å². The molecule has 12 heteroatoms. The standard InChI is InChI=1S/C33H39N7O5/c1-20(35-19-28(41)40-14-6-7-25(40)18-34)17-33(31-36-32(44)45-37-31)26-12-10-23(29(42)38(2)3)15-21(26)8-9-22-16-24(11-13-27(22)33)30(43)39(4)5/h10-13,15-16,20,25,35H,6-9,14,17,19H2,1-5H3,(H,36,37,44)/t20-,25-/m0/s1. The quantitative estimate of drug-likeness (QED) is 0.391. The Balaban J connectivity index is 1.63. The molecule has 1 aliphatic carbocycles. The van der Waals surface area contributed by atoms with E-state index >= 15 is 0 Å². The molecule has 0 bridgehead atoms. The first-order valence-electron chi connectivity index (χ1n) is 15.1. The summed E-state index contributed by atoms with van der Waals surface area (Å²) in [6.07, 6.45) is 2.97. The molecule has 2 atom stereocenters. The molecule has 12 nitrogen and oxygen atoms in total. The SMILES string of the molecule is C[C@@H](CC1(c2noc(=O)[nH]2)c2ccc(C(=O)N(C)C)cc2CCc2cc(C(=O)N(C)C)ccc21)NCC(=O)N1CCC[C@H]1C#N. The van der Waals surface area contributed by atoms with Crippen LogP contribution in [0.4, 0.5) is 0 Å². The number of carbonyl (C=O) groups excluding carboxylic acids is 3. The van der Waals surface area contributed by atoms with Gasteiger partial charge in [0, 0.05) is 51.9 Å². The van der Waals surface area contributed by atoms with Crippen molar-refractivity contribution in [3.05, 3.63) is 86.2 Å². The normalized spacial score (nSPS) is 17.4. The number of carbonyl (C=O) groups is 3. The number of H-pyrrole nitrogens is 1. The number of benzene rings is 2. The Bertz CT molecular complexity index is 1640. The third kappa shape index (κ3) is 6.00. The van der Waals surface area contributed by atoms with Crippen LogP contribution in [0.3, 0.4) is 0 Å². The van der Waals surface area contributed by atoms with Crippen LogP contribution in [-0.4, -0.2) is 95.9 Å². The first-order chi connectivity index (χ1) is 21.5. The number of amides is 3. The molecule has 3 amide bonds. The van der Waals surface area contributed by atoms with Crippen molar-refractivity contribution >= 4 is 17.7 Å². The fraction of sp³-hybridized carbons (Fsp3) is 0.455. The summed E-state index contributed by atoms with van der Waals surface area (Å²) < 4.78 is 5.08. The number of aryl methyl sites for hydroxylation is 2. The second-order valence-corrected chi connectivity index (χ2v) is 12.4. The Kier molecular flexibility index (Phi) is 8.93. The van der Waals surface area contributed by atoms with E-state index in [2.05, 4.69) is 21.5 Å². The molecule has 2 heterocycles. The molecule has 1 aliphatic heterocycles. The molecule has 0 spiro atoms. The number of aromatic amines is 1. The lowest BCUT2D eigenvalue weighted by Gasteiger charge is -2.37. The van der Waals surface area contributed by atoms with Crippen molar-refractivity contribution in [3.63, 3.8) is 0 Å². The highest BCUT2D eigenvalue weighted by molar-refractivity contribution is 5.95. The Morgan fingerprint density at radius 2 is 1.64 bits per heavy atom. The number of nitrogens with zero attached hydrogens (tertiary/aromatic N) is 5. The summed E-state index contributed by atoms with van der Waals surface area (Å²) in [5, 5.41) is 17.0. The van der Waals surface area contributed by atoms with Gasteiger partial charge in [0.25, 0.3) is 11.8 Å². The summed E-state index contributed by atoms with van der Waals surface area (Å²) >= 11 is 0. The third-order valence-corrected chi connectivity index (χ3v) is 8.88. The molecule has 45 heavy (non-hydrogen) atoms. The van der Waals surface area contributed by atoms with Gasteiger partial charge in [0.05, 0.1) is 18.0 Å². The van der Waals surface area contributed by atoms with Gasteiger partial charge in [-0.2, -0.15) is 5.26 Å². The maximum Gasteiger partial charge on any atom is 0.438 e. The maximum atomic E-state index is 13.1. The van der Waals surface area contributed by atoms with E-state index < -0.39 is 17.2 Å². The highest BCUT2D eigenvalue weighted by Gasteiger charge is 2.46. The summed E-state index contributed by atoms with van der Waals surface area (Å²) in [4.78, 5) is 59.0. The summed E-state index contributed by atoms with van der Waals surface area (Å²) in [6.45, 7) is 2.55. The minimum Gasteiger partial charge on any atom is -0.345 e. The summed E-state index contributed by atoms with van der Waals surface area (Å²) in [5.74, 6) is -0.826. The molecule has 0 radical (unpaired) electrons. The minimum absolute atomic E-state index is 0.0387. The van der Waals surface area contributed by atoms with Crippen molar-refractivity contribution < 1.29 is 18.9 Å². The molecule has 236 valence electrons. The van der Waals surface area contributed by atoms with E-state index in [1.165, 1.54) is 9.80 Å². The van der Waals surface area contributed by atoms with E-state index in [0.717, 1.165) is 28.7 Å². The van der Waals surface area contributed by atoms with Crippen LogP contribution in [0.5, 0.6) is 0 Å². The molecule has 1 fully saturated rings. The van der Waals surface area contributed by atoms with Crippen molar-refractivity contribution in [2.24, 2.45) is 0 Å². The van der Waals surface area contributed by atoms with Gasteiger partial charge in [0.1, 0.15) is 6.04 Å². The van der Waals surface area contributed by atoms with E-state index in [9.17, 15) is 24.4 Å². The summed E-state index contributed by atoms with van der Waals surface area (Å²) in [6, 6.07) is 12.7. The van der Waals surface area contributed by atoms with Crippen LogP contribution in [0.15, 0.2) is 45.7 Å². The number of hydrogen-bond acceptors (Lipinski definition) is 8. The van der Waals surface area contributed by atoms with Gasteiger partial charge in [-0.05, 0) is 85.5 Å². The topological polar surface area (TPSA) is 156 Å². The van der Waals surface area contributed by atoms with Crippen molar-refractivity contribution in [2.45, 2.75) is 56.5 Å². The van der Waals surface area contributed by atoms with Crippen LogP contribution >= 0.6 is 0 Å². The molecule has 1 saturated heterocycles. The van der Waals surface area contributed by atoms with E-state index in [-0.39, 0.29) is 30.3 Å². The number of rotatable bonds is 8. The summed E-state index contributed by atoms with van der Waals surface area (Å²) in [5.41, 5.74) is 3.50. The smallest absolute Gasteiger partial charge is 0.345 e. The van der Waals surface area contributed by atoms with Crippen LogP contribution < -0.4 is 11.1 Å². The molecule has 1 aromatic heterocycles. The number of fused-ring (bicyclic) bond motifs is 2. The second kappa shape index (κ2) is 12.7. The zero-order valence-electron chi connectivity index (χ0n) is 26.3. The maximum absolute atomic E-state index is 13.1. The van der Waals surface area contributed by atoms with Gasteiger partial charge in [0.2, 0.25) is 5.91 Å². The van der Waals surface area contributed by atoms with Crippen LogP contribution in [-0.2, 0) is 23.1 Å². The van der Waals surface area contributed by atoms with E-state index in [4.69, 9.17) is 4.52 Å². The number of nitriles is 1. The van der Waals surface area contributed by atoms with Gasteiger partial charge in [-0.3, -0.25) is 23.9 Å². The first-order valence-corrected chi connectivity index (χ1v) is 15.1. The Morgan fingerprint density at radius 3 is 2.13 bits per heavy atom. The largest absolute Gasteiger partial charge is 0.438 e. The zero-order valence-corrected chi connectivity index (χ0v) is 26.3. The van der Waals surface area contributed by atoms with Gasteiger partial charge in [-0.25, -0.2) is 4.79 Å². The van der Waals surface area contributed by atoms with Gasteiger partial charge in [-0.1, -0.05) is 17.3 Å². The number of likely N-dealkylation sites (tertiary alicyclic amines) is 1. The molecule has 2 aliphatic rings. The summed E-state index contributed by atoms with van der Waals surface area (Å²) in [7, 11) is 6.81. The van der Waals surface area contributed by atoms with Crippen LogP contribution in [0.25, 0.3) is 0 Å². The lowest BCUT2D eigenvalue weighted by atomic mass is 9.67. The Hall–Kier alpha value is -4.76. The average molecular weight is 614 g/mol. The van der Waals surface area contributed by atoms with E-state index in [1.54, 1.807) is 45.2 Å².